The lowest BCUT2D eigenvalue weighted by atomic mass is 9.64. The third-order valence-corrected chi connectivity index (χ3v) is 10.3. The van der Waals surface area contributed by atoms with Crippen LogP contribution in [0.25, 0.3) is 0 Å². The second kappa shape index (κ2) is 10.8. The quantitative estimate of drug-likeness (QED) is 0.192. The Morgan fingerprint density at radius 1 is 1.00 bits per heavy atom. The second-order valence-electron chi connectivity index (χ2n) is 10.5. The highest BCUT2D eigenvalue weighted by Crippen LogP contribution is 2.75. The van der Waals surface area contributed by atoms with Crippen molar-refractivity contribution in [3.05, 3.63) is 71.8 Å². The van der Waals surface area contributed by atoms with E-state index in [1.165, 1.54) is 5.56 Å². The largest absolute Gasteiger partial charge is 0.459 e. The number of benzene rings is 2. The molecular weight excluding hydrogens is 475 g/mol. The van der Waals surface area contributed by atoms with Gasteiger partial charge in [-0.25, -0.2) is 4.79 Å². The Morgan fingerprint density at radius 2 is 1.58 bits per heavy atom. The van der Waals surface area contributed by atoms with Crippen LogP contribution in [0.4, 0.5) is 0 Å². The van der Waals surface area contributed by atoms with Gasteiger partial charge in [0.05, 0.1) is 13.2 Å². The molecule has 6 nitrogen and oxygen atoms in total. The molecule has 1 aliphatic heterocycles. The van der Waals surface area contributed by atoms with Crippen molar-refractivity contribution < 1.29 is 27.9 Å². The monoisotopic (exact) mass is 514 g/mol. The van der Waals surface area contributed by atoms with Gasteiger partial charge in [-0.15, -0.1) is 0 Å². The molecule has 2 aromatic carbocycles. The van der Waals surface area contributed by atoms with Gasteiger partial charge in [0, 0.05) is 5.92 Å². The van der Waals surface area contributed by atoms with E-state index < -0.39 is 25.0 Å². The fourth-order valence-electron chi connectivity index (χ4n) is 5.70. The molecule has 7 heteroatoms. The highest BCUT2D eigenvalue weighted by atomic mass is 31.2. The van der Waals surface area contributed by atoms with Crippen LogP contribution >= 0.6 is 7.60 Å². The average molecular weight is 515 g/mol. The summed E-state index contributed by atoms with van der Waals surface area (Å²) in [4.78, 5) is 14.0. The van der Waals surface area contributed by atoms with Gasteiger partial charge >= 0.3 is 13.6 Å². The van der Waals surface area contributed by atoms with Crippen molar-refractivity contribution in [2.75, 3.05) is 13.2 Å². The molecule has 36 heavy (non-hydrogen) atoms. The van der Waals surface area contributed by atoms with Crippen LogP contribution < -0.4 is 0 Å². The fourth-order valence-corrected chi connectivity index (χ4v) is 7.78. The average Bonchev–Trinajstić information content (AvgIpc) is 3.63. The Morgan fingerprint density at radius 3 is 2.17 bits per heavy atom. The predicted molar refractivity (Wildman–Crippen MR) is 140 cm³/mol. The number of epoxide rings is 1. The summed E-state index contributed by atoms with van der Waals surface area (Å²) >= 11 is 0. The molecule has 4 rings (SSSR count). The van der Waals surface area contributed by atoms with Gasteiger partial charge in [0.15, 0.2) is 0 Å². The molecule has 1 saturated carbocycles. The number of carbonyl (C=O) groups is 1. The number of hydrogen-bond acceptors (Lipinski definition) is 6. The van der Waals surface area contributed by atoms with Crippen molar-refractivity contribution in [3.63, 3.8) is 0 Å². The zero-order valence-electron chi connectivity index (χ0n) is 22.0. The summed E-state index contributed by atoms with van der Waals surface area (Å²) in [6.07, 6.45) is 1.65. The first-order valence-electron chi connectivity index (χ1n) is 13.1. The highest BCUT2D eigenvalue weighted by Gasteiger charge is 2.78. The van der Waals surface area contributed by atoms with E-state index in [-0.39, 0.29) is 30.7 Å². The Balaban J connectivity index is 1.67. The zero-order chi connectivity index (χ0) is 26.0. The molecule has 0 spiro atoms. The molecule has 0 N–H and O–H groups in total. The first-order chi connectivity index (χ1) is 17.2. The van der Waals surface area contributed by atoms with E-state index in [0.717, 1.165) is 24.8 Å². The molecule has 1 aliphatic carbocycles. The van der Waals surface area contributed by atoms with E-state index in [9.17, 15) is 9.36 Å². The zero-order valence-corrected chi connectivity index (χ0v) is 22.9. The summed E-state index contributed by atoms with van der Waals surface area (Å²) < 4.78 is 37.7. The number of carbonyl (C=O) groups excluding carboxylic acids is 1. The summed E-state index contributed by atoms with van der Waals surface area (Å²) in [7, 11) is -3.99. The number of ether oxygens (including phenoxy) is 2. The van der Waals surface area contributed by atoms with Crippen LogP contribution in [0, 0.1) is 11.8 Å². The van der Waals surface area contributed by atoms with E-state index in [1.807, 2.05) is 48.5 Å². The van der Waals surface area contributed by atoms with Gasteiger partial charge in [0.1, 0.15) is 12.2 Å². The first-order valence-corrected chi connectivity index (χ1v) is 14.6. The predicted octanol–water partition coefficient (Wildman–Crippen LogP) is 7.05. The Kier molecular flexibility index (Phi) is 8.11. The van der Waals surface area contributed by atoms with Crippen molar-refractivity contribution in [2.45, 2.75) is 76.8 Å². The molecule has 0 radical (unpaired) electrons. The van der Waals surface area contributed by atoms with Crippen molar-refractivity contribution in [2.24, 2.45) is 11.8 Å². The van der Waals surface area contributed by atoms with Gasteiger partial charge in [0.2, 0.25) is 0 Å². The molecule has 1 heterocycles. The van der Waals surface area contributed by atoms with Crippen molar-refractivity contribution in [3.8, 4) is 0 Å². The third kappa shape index (κ3) is 4.93. The van der Waals surface area contributed by atoms with Crippen LogP contribution in [0.2, 0.25) is 0 Å². The molecule has 2 aromatic rings. The molecule has 0 unspecified atom stereocenters. The van der Waals surface area contributed by atoms with Gasteiger partial charge in [-0.1, -0.05) is 87.9 Å². The summed E-state index contributed by atoms with van der Waals surface area (Å²) in [5, 5.41) is -1.80. The van der Waals surface area contributed by atoms with Crippen LogP contribution in [0.1, 0.15) is 71.1 Å². The molecule has 196 valence electrons. The lowest BCUT2D eigenvalue weighted by Gasteiger charge is -2.44. The van der Waals surface area contributed by atoms with Crippen LogP contribution in [0.3, 0.4) is 0 Å². The van der Waals surface area contributed by atoms with Gasteiger partial charge in [-0.2, -0.15) is 0 Å². The molecule has 1 saturated heterocycles. The van der Waals surface area contributed by atoms with Crippen molar-refractivity contribution in [1.29, 1.82) is 0 Å². The van der Waals surface area contributed by atoms with E-state index in [0.29, 0.717) is 5.92 Å². The smallest absolute Gasteiger partial charge is 0.377 e. The van der Waals surface area contributed by atoms with Crippen LogP contribution in [0.15, 0.2) is 60.7 Å². The Labute approximate surface area is 215 Å². The van der Waals surface area contributed by atoms with Crippen LogP contribution in [-0.2, 0) is 33.3 Å². The summed E-state index contributed by atoms with van der Waals surface area (Å²) in [5.41, 5.74) is 1.73. The molecule has 0 amide bonds. The molecular formula is C29H39O6P. The minimum absolute atomic E-state index is 0.101. The van der Waals surface area contributed by atoms with Gasteiger partial charge in [-0.3, -0.25) is 4.57 Å². The maximum atomic E-state index is 14.1. The van der Waals surface area contributed by atoms with Crippen molar-refractivity contribution >= 4 is 13.6 Å². The van der Waals surface area contributed by atoms with Gasteiger partial charge < -0.3 is 18.5 Å². The SMILES string of the molecule is CCOP(=O)(OCC)[C@@]1(C(=O)O[C@@H]2C[C@H](C)CC[C@H]2C(C)(C)c2ccccc2)O[C@H]1c1ccccc1. The fraction of sp³-hybridized carbons (Fsp3) is 0.552. The second-order valence-corrected chi connectivity index (χ2v) is 12.7. The minimum atomic E-state index is -3.99. The lowest BCUT2D eigenvalue weighted by molar-refractivity contribution is -0.160. The van der Waals surface area contributed by atoms with E-state index in [2.05, 4.69) is 32.9 Å². The maximum absolute atomic E-state index is 14.1. The number of esters is 1. The van der Waals surface area contributed by atoms with Crippen LogP contribution in [-0.4, -0.2) is 30.6 Å². The third-order valence-electron chi connectivity index (χ3n) is 7.75. The maximum Gasteiger partial charge on any atom is 0.377 e. The van der Waals surface area contributed by atoms with Crippen LogP contribution in [0.5, 0.6) is 0 Å². The number of hydrogen-bond donors (Lipinski definition) is 0. The Hall–Kier alpha value is -1.98. The normalized spacial score (nSPS) is 28.5. The van der Waals surface area contributed by atoms with Gasteiger partial charge in [-0.05, 0) is 49.1 Å². The van der Waals surface area contributed by atoms with E-state index >= 15 is 0 Å². The summed E-state index contributed by atoms with van der Waals surface area (Å²) in [6.45, 7) is 10.3. The van der Waals surface area contributed by atoms with Gasteiger partial charge in [0.25, 0.3) is 5.34 Å². The minimum Gasteiger partial charge on any atom is -0.459 e. The van der Waals surface area contributed by atoms with E-state index in [4.69, 9.17) is 18.5 Å². The van der Waals surface area contributed by atoms with E-state index in [1.54, 1.807) is 13.8 Å². The summed E-state index contributed by atoms with van der Waals surface area (Å²) in [5.74, 6) is -0.142. The standard InChI is InChI=1S/C29H39O6P/c1-6-32-36(31,33-7-2)29(26(35-29)22-14-10-8-11-15-22)27(30)34-25-20-21(3)18-19-24(25)28(4,5)23-16-12-9-13-17-23/h8-17,21,24-26H,6-7,18-20H2,1-5H3/t21-,24-,25-,26+,29+/m1/s1. The van der Waals surface area contributed by atoms with Crippen molar-refractivity contribution in [1.82, 2.24) is 0 Å². The first kappa shape index (κ1) is 27.1. The lowest BCUT2D eigenvalue weighted by Crippen LogP contribution is -2.45. The topological polar surface area (TPSA) is 74.4 Å². The number of rotatable bonds is 10. The molecule has 2 aliphatic rings. The molecule has 5 atom stereocenters. The molecule has 0 aromatic heterocycles. The highest BCUT2D eigenvalue weighted by molar-refractivity contribution is 7.57. The molecule has 0 bridgehead atoms. The molecule has 2 fully saturated rings. The summed E-state index contributed by atoms with van der Waals surface area (Å²) in [6, 6.07) is 19.7. The Bertz CT molecular complexity index is 1060.